The predicted molar refractivity (Wildman–Crippen MR) is 51.7 cm³/mol. The number of nitrogens with two attached hydrogens (primary N) is 1. The van der Waals surface area contributed by atoms with Crippen LogP contribution in [0.15, 0.2) is 12.1 Å². The van der Waals surface area contributed by atoms with Gasteiger partial charge in [0.1, 0.15) is 0 Å². The Morgan fingerprint density at radius 2 is 1.85 bits per heavy atom. The Hall–Kier alpha value is -1.51. The second-order valence-corrected chi connectivity index (χ2v) is 2.98. The molecule has 13 heavy (non-hydrogen) atoms. The number of anilines is 1. The number of benzene rings is 1. The van der Waals surface area contributed by atoms with Crippen molar-refractivity contribution in [1.82, 2.24) is 0 Å². The smallest absolute Gasteiger partial charge is 0.340 e. The van der Waals surface area contributed by atoms with Gasteiger partial charge in [-0.3, -0.25) is 0 Å². The highest BCUT2D eigenvalue weighted by Gasteiger charge is 2.13. The molecule has 0 atom stereocenters. The number of hydrogen-bond acceptors (Lipinski definition) is 3. The van der Waals surface area contributed by atoms with Crippen molar-refractivity contribution in [2.75, 3.05) is 12.8 Å². The molecule has 0 saturated heterocycles. The van der Waals surface area contributed by atoms with E-state index in [-0.39, 0.29) is 5.97 Å². The average Bonchev–Trinajstić information content (AvgIpc) is 2.12. The predicted octanol–water partition coefficient (Wildman–Crippen LogP) is 1.67. The molecule has 1 rings (SSSR count). The van der Waals surface area contributed by atoms with Crippen LogP contribution in [-0.2, 0) is 4.74 Å². The maximum atomic E-state index is 11.3. The van der Waals surface area contributed by atoms with Crippen molar-refractivity contribution in [2.45, 2.75) is 13.8 Å². The summed E-state index contributed by atoms with van der Waals surface area (Å²) in [5.74, 6) is -0.376. The zero-order valence-corrected chi connectivity index (χ0v) is 8.05. The number of nitrogen functional groups attached to an aromatic ring is 1. The summed E-state index contributed by atoms with van der Waals surface area (Å²) >= 11 is 0. The monoisotopic (exact) mass is 179 g/mol. The maximum Gasteiger partial charge on any atom is 0.340 e. The van der Waals surface area contributed by atoms with Crippen LogP contribution in [0, 0.1) is 13.8 Å². The third kappa shape index (κ3) is 1.64. The van der Waals surface area contributed by atoms with E-state index in [1.54, 1.807) is 0 Å². The Labute approximate surface area is 77.5 Å². The number of carbonyl (C=O) groups excluding carboxylic acids is 1. The molecule has 2 N–H and O–H groups in total. The van der Waals surface area contributed by atoms with E-state index in [1.807, 2.05) is 26.0 Å². The minimum absolute atomic E-state index is 0.376. The molecule has 1 aromatic rings. The van der Waals surface area contributed by atoms with E-state index in [2.05, 4.69) is 4.74 Å². The van der Waals surface area contributed by atoms with Gasteiger partial charge in [0.15, 0.2) is 0 Å². The highest BCUT2D eigenvalue weighted by Crippen LogP contribution is 2.21. The zero-order chi connectivity index (χ0) is 10.0. The lowest BCUT2D eigenvalue weighted by Crippen LogP contribution is -2.09. The van der Waals surface area contributed by atoms with Gasteiger partial charge in [-0.25, -0.2) is 4.79 Å². The molecule has 0 unspecified atom stereocenters. The summed E-state index contributed by atoms with van der Waals surface area (Å²) in [5.41, 5.74) is 8.48. The van der Waals surface area contributed by atoms with E-state index in [9.17, 15) is 4.79 Å². The summed E-state index contributed by atoms with van der Waals surface area (Å²) in [4.78, 5) is 11.3. The van der Waals surface area contributed by atoms with Gasteiger partial charge in [-0.05, 0) is 25.0 Å². The lowest BCUT2D eigenvalue weighted by Gasteiger charge is -2.09. The zero-order valence-electron chi connectivity index (χ0n) is 8.05. The molecule has 70 valence electrons. The number of carbonyl (C=O) groups is 1. The van der Waals surface area contributed by atoms with Gasteiger partial charge in [-0.15, -0.1) is 0 Å². The lowest BCUT2D eigenvalue weighted by molar-refractivity contribution is 0.0601. The maximum absolute atomic E-state index is 11.3. The van der Waals surface area contributed by atoms with Gasteiger partial charge >= 0.3 is 5.97 Å². The lowest BCUT2D eigenvalue weighted by atomic mass is 10.0. The molecule has 0 saturated carbocycles. The first-order chi connectivity index (χ1) is 6.07. The minimum atomic E-state index is -0.376. The van der Waals surface area contributed by atoms with Crippen molar-refractivity contribution in [3.63, 3.8) is 0 Å². The number of hydrogen-bond donors (Lipinski definition) is 1. The molecule has 1 aromatic carbocycles. The molecule has 0 heterocycles. The number of ether oxygens (including phenoxy) is 1. The van der Waals surface area contributed by atoms with Crippen LogP contribution in [0.3, 0.4) is 0 Å². The van der Waals surface area contributed by atoms with Crippen molar-refractivity contribution >= 4 is 11.7 Å². The molecule has 0 aliphatic rings. The third-order valence-corrected chi connectivity index (χ3v) is 2.06. The van der Waals surface area contributed by atoms with Gasteiger partial charge in [-0.2, -0.15) is 0 Å². The van der Waals surface area contributed by atoms with Gasteiger partial charge in [-0.1, -0.05) is 12.1 Å². The van der Waals surface area contributed by atoms with E-state index in [4.69, 9.17) is 5.73 Å². The summed E-state index contributed by atoms with van der Waals surface area (Å²) in [6.45, 7) is 3.70. The number of rotatable bonds is 1. The van der Waals surface area contributed by atoms with Crippen LogP contribution in [0.1, 0.15) is 21.5 Å². The van der Waals surface area contributed by atoms with E-state index < -0.39 is 0 Å². The molecular weight excluding hydrogens is 166 g/mol. The molecule has 0 bridgehead atoms. The molecule has 0 aromatic heterocycles. The van der Waals surface area contributed by atoms with Crippen molar-refractivity contribution in [1.29, 1.82) is 0 Å². The third-order valence-electron chi connectivity index (χ3n) is 2.06. The normalized spacial score (nSPS) is 9.77. The average molecular weight is 179 g/mol. The molecule has 0 fully saturated rings. The SMILES string of the molecule is COC(=O)c1c(C)ccc(C)c1N. The molecular formula is C10H13NO2. The van der Waals surface area contributed by atoms with Crippen LogP contribution in [0.2, 0.25) is 0 Å². The van der Waals surface area contributed by atoms with Crippen molar-refractivity contribution in [2.24, 2.45) is 0 Å². The first-order valence-corrected chi connectivity index (χ1v) is 4.02. The summed E-state index contributed by atoms with van der Waals surface area (Å²) in [5, 5.41) is 0. The van der Waals surface area contributed by atoms with Crippen LogP contribution in [-0.4, -0.2) is 13.1 Å². The number of methoxy groups -OCH3 is 1. The Morgan fingerprint density at radius 1 is 1.31 bits per heavy atom. The highest BCUT2D eigenvalue weighted by atomic mass is 16.5. The second kappa shape index (κ2) is 3.47. The van der Waals surface area contributed by atoms with Gasteiger partial charge in [0.25, 0.3) is 0 Å². The van der Waals surface area contributed by atoms with Crippen LogP contribution < -0.4 is 5.73 Å². The van der Waals surface area contributed by atoms with E-state index in [0.29, 0.717) is 11.3 Å². The Bertz CT molecular complexity index is 345. The standard InChI is InChI=1S/C10H13NO2/c1-6-4-5-7(2)9(11)8(6)10(12)13-3/h4-5H,11H2,1-3H3. The molecule has 3 heteroatoms. The van der Waals surface area contributed by atoms with E-state index >= 15 is 0 Å². The molecule has 0 aliphatic carbocycles. The van der Waals surface area contributed by atoms with E-state index in [0.717, 1.165) is 11.1 Å². The largest absolute Gasteiger partial charge is 0.465 e. The second-order valence-electron chi connectivity index (χ2n) is 2.98. The van der Waals surface area contributed by atoms with Gasteiger partial charge < -0.3 is 10.5 Å². The fraction of sp³-hybridized carbons (Fsp3) is 0.300. The number of aryl methyl sites for hydroxylation is 2. The molecule has 0 radical (unpaired) electrons. The summed E-state index contributed by atoms with van der Waals surface area (Å²) < 4.78 is 4.63. The first kappa shape index (κ1) is 9.58. The summed E-state index contributed by atoms with van der Waals surface area (Å²) in [6, 6.07) is 3.75. The first-order valence-electron chi connectivity index (χ1n) is 4.02. The minimum Gasteiger partial charge on any atom is -0.465 e. The fourth-order valence-electron chi connectivity index (χ4n) is 1.21. The van der Waals surface area contributed by atoms with Crippen LogP contribution in [0.5, 0.6) is 0 Å². The van der Waals surface area contributed by atoms with Crippen LogP contribution in [0.4, 0.5) is 5.69 Å². The van der Waals surface area contributed by atoms with Crippen molar-refractivity contribution in [3.8, 4) is 0 Å². The topological polar surface area (TPSA) is 52.3 Å². The quantitative estimate of drug-likeness (QED) is 0.527. The van der Waals surface area contributed by atoms with Gasteiger partial charge in [0, 0.05) is 5.69 Å². The molecule has 0 aliphatic heterocycles. The Morgan fingerprint density at radius 3 is 2.38 bits per heavy atom. The van der Waals surface area contributed by atoms with Crippen molar-refractivity contribution in [3.05, 3.63) is 28.8 Å². The molecule has 0 spiro atoms. The fourth-order valence-corrected chi connectivity index (χ4v) is 1.21. The van der Waals surface area contributed by atoms with Crippen LogP contribution in [0.25, 0.3) is 0 Å². The van der Waals surface area contributed by atoms with Crippen molar-refractivity contribution < 1.29 is 9.53 Å². The van der Waals surface area contributed by atoms with Gasteiger partial charge in [0.05, 0.1) is 12.7 Å². The summed E-state index contributed by atoms with van der Waals surface area (Å²) in [7, 11) is 1.35. The molecule has 3 nitrogen and oxygen atoms in total. The van der Waals surface area contributed by atoms with E-state index in [1.165, 1.54) is 7.11 Å². The summed E-state index contributed by atoms with van der Waals surface area (Å²) in [6.07, 6.45) is 0. The van der Waals surface area contributed by atoms with Crippen LogP contribution >= 0.6 is 0 Å². The number of esters is 1. The highest BCUT2D eigenvalue weighted by molar-refractivity contribution is 5.97. The Kier molecular flexibility index (Phi) is 2.56. The molecule has 0 amide bonds. The Balaban J connectivity index is 3.33. The van der Waals surface area contributed by atoms with Gasteiger partial charge in [0.2, 0.25) is 0 Å².